The van der Waals surface area contributed by atoms with E-state index in [0.29, 0.717) is 18.7 Å². The van der Waals surface area contributed by atoms with E-state index in [1.807, 2.05) is 25.1 Å². The maximum atomic E-state index is 12.0. The number of aryl methyl sites for hydroxylation is 1. The molecule has 0 saturated carbocycles. The Labute approximate surface area is 118 Å². The molecule has 0 unspecified atom stereocenters. The first-order chi connectivity index (χ1) is 9.72. The van der Waals surface area contributed by atoms with Crippen LogP contribution in [-0.4, -0.2) is 33.8 Å². The molecule has 2 rings (SSSR count). The van der Waals surface area contributed by atoms with E-state index >= 15 is 0 Å². The maximum Gasteiger partial charge on any atom is 0.251 e. The highest BCUT2D eigenvalue weighted by Crippen LogP contribution is 2.13. The van der Waals surface area contributed by atoms with Crippen LogP contribution >= 0.6 is 0 Å². The largest absolute Gasteiger partial charge is 0.352 e. The molecule has 0 aliphatic heterocycles. The number of nitrogens with zero attached hydrogens (tertiary/aromatic N) is 3. The van der Waals surface area contributed by atoms with Crippen molar-refractivity contribution >= 4 is 5.91 Å². The summed E-state index contributed by atoms with van der Waals surface area (Å²) in [5.41, 5.74) is 7.90. The van der Waals surface area contributed by atoms with Gasteiger partial charge in [0.2, 0.25) is 0 Å². The van der Waals surface area contributed by atoms with Gasteiger partial charge in [-0.2, -0.15) is 5.10 Å². The molecule has 0 atom stereocenters. The lowest BCUT2D eigenvalue weighted by molar-refractivity contribution is 0.0952. The average Bonchev–Trinajstić information content (AvgIpc) is 2.97. The third kappa shape index (κ3) is 3.42. The van der Waals surface area contributed by atoms with Crippen LogP contribution in [-0.2, 0) is 0 Å². The molecule has 0 radical (unpaired) electrons. The van der Waals surface area contributed by atoms with Crippen molar-refractivity contribution in [1.29, 1.82) is 0 Å². The Morgan fingerprint density at radius 2 is 2.25 bits per heavy atom. The second-order valence-corrected chi connectivity index (χ2v) is 4.59. The third-order valence-corrected chi connectivity index (χ3v) is 3.05. The number of nitrogens with one attached hydrogen (secondary N) is 1. The number of aromatic nitrogens is 3. The fourth-order valence-electron chi connectivity index (χ4n) is 1.95. The molecule has 0 aliphatic rings. The number of nitrogens with two attached hydrogens (primary N) is 1. The summed E-state index contributed by atoms with van der Waals surface area (Å²) in [5.74, 6) is -0.0512. The molecule has 1 aromatic heterocycles. The predicted octanol–water partition coefficient (Wildman–Crippen LogP) is 1.04. The summed E-state index contributed by atoms with van der Waals surface area (Å²) in [6.45, 7) is 3.22. The van der Waals surface area contributed by atoms with Gasteiger partial charge in [-0.05, 0) is 50.1 Å². The normalized spacial score (nSPS) is 10.5. The SMILES string of the molecule is Cc1cc(-n2cncn2)ccc1C(=O)NCCCCN. The maximum absolute atomic E-state index is 12.0. The van der Waals surface area contributed by atoms with E-state index in [1.54, 1.807) is 11.0 Å². The summed E-state index contributed by atoms with van der Waals surface area (Å²) in [6, 6.07) is 5.59. The average molecular weight is 273 g/mol. The van der Waals surface area contributed by atoms with Crippen molar-refractivity contribution in [1.82, 2.24) is 20.1 Å². The second kappa shape index (κ2) is 6.81. The number of hydrogen-bond donors (Lipinski definition) is 2. The zero-order valence-corrected chi connectivity index (χ0v) is 11.5. The Hall–Kier alpha value is -2.21. The van der Waals surface area contributed by atoms with Crippen LogP contribution in [0.1, 0.15) is 28.8 Å². The lowest BCUT2D eigenvalue weighted by Gasteiger charge is -2.09. The quantitative estimate of drug-likeness (QED) is 0.770. The van der Waals surface area contributed by atoms with Gasteiger partial charge in [0.1, 0.15) is 12.7 Å². The summed E-state index contributed by atoms with van der Waals surface area (Å²) in [4.78, 5) is 16.0. The van der Waals surface area contributed by atoms with Crippen molar-refractivity contribution in [3.05, 3.63) is 42.0 Å². The van der Waals surface area contributed by atoms with Gasteiger partial charge in [0.05, 0.1) is 5.69 Å². The van der Waals surface area contributed by atoms with E-state index in [1.165, 1.54) is 6.33 Å². The summed E-state index contributed by atoms with van der Waals surface area (Å²) in [5, 5.41) is 6.96. The minimum Gasteiger partial charge on any atom is -0.352 e. The van der Waals surface area contributed by atoms with Gasteiger partial charge < -0.3 is 11.1 Å². The number of carbonyl (C=O) groups is 1. The molecule has 2 aromatic rings. The van der Waals surface area contributed by atoms with Crippen LogP contribution in [0.4, 0.5) is 0 Å². The molecule has 20 heavy (non-hydrogen) atoms. The Morgan fingerprint density at radius 3 is 2.90 bits per heavy atom. The van der Waals surface area contributed by atoms with Gasteiger partial charge in [-0.3, -0.25) is 4.79 Å². The number of carbonyl (C=O) groups excluding carboxylic acids is 1. The van der Waals surface area contributed by atoms with Crippen LogP contribution in [0.5, 0.6) is 0 Å². The molecule has 1 heterocycles. The first-order valence-electron chi connectivity index (χ1n) is 6.66. The molecule has 3 N–H and O–H groups in total. The van der Waals surface area contributed by atoms with Crippen LogP contribution in [0.15, 0.2) is 30.9 Å². The van der Waals surface area contributed by atoms with Crippen molar-refractivity contribution in [2.75, 3.05) is 13.1 Å². The molecule has 0 fully saturated rings. The van der Waals surface area contributed by atoms with E-state index in [-0.39, 0.29) is 5.91 Å². The molecule has 6 nitrogen and oxygen atoms in total. The fourth-order valence-corrected chi connectivity index (χ4v) is 1.95. The number of amides is 1. The predicted molar refractivity (Wildman–Crippen MR) is 76.7 cm³/mol. The van der Waals surface area contributed by atoms with E-state index in [2.05, 4.69) is 15.4 Å². The first-order valence-corrected chi connectivity index (χ1v) is 6.66. The lowest BCUT2D eigenvalue weighted by Crippen LogP contribution is -2.25. The Kier molecular flexibility index (Phi) is 4.84. The molecule has 1 aromatic carbocycles. The van der Waals surface area contributed by atoms with Gasteiger partial charge >= 0.3 is 0 Å². The van der Waals surface area contributed by atoms with Crippen LogP contribution in [0.2, 0.25) is 0 Å². The minimum absolute atomic E-state index is 0.0512. The molecule has 6 heteroatoms. The van der Waals surface area contributed by atoms with Gasteiger partial charge in [0, 0.05) is 12.1 Å². The monoisotopic (exact) mass is 273 g/mol. The molecule has 0 spiro atoms. The molecular weight excluding hydrogens is 254 g/mol. The van der Waals surface area contributed by atoms with Crippen LogP contribution < -0.4 is 11.1 Å². The standard InChI is InChI=1S/C14H19N5O/c1-11-8-12(19-10-16-9-18-19)4-5-13(11)14(20)17-7-3-2-6-15/h4-5,8-10H,2-3,6-7,15H2,1H3,(H,17,20). The van der Waals surface area contributed by atoms with Crippen LogP contribution in [0.25, 0.3) is 5.69 Å². The highest BCUT2D eigenvalue weighted by molar-refractivity contribution is 5.95. The van der Waals surface area contributed by atoms with Crippen LogP contribution in [0, 0.1) is 6.92 Å². The zero-order valence-electron chi connectivity index (χ0n) is 11.5. The first kappa shape index (κ1) is 14.2. The van der Waals surface area contributed by atoms with Crippen LogP contribution in [0.3, 0.4) is 0 Å². The van der Waals surface area contributed by atoms with E-state index in [4.69, 9.17) is 5.73 Å². The summed E-state index contributed by atoms with van der Waals surface area (Å²) >= 11 is 0. The van der Waals surface area contributed by atoms with E-state index < -0.39 is 0 Å². The van der Waals surface area contributed by atoms with E-state index in [9.17, 15) is 4.79 Å². The van der Waals surface area contributed by atoms with Gasteiger partial charge in [-0.25, -0.2) is 9.67 Å². The highest BCUT2D eigenvalue weighted by atomic mass is 16.1. The Morgan fingerprint density at radius 1 is 1.40 bits per heavy atom. The molecule has 0 saturated heterocycles. The van der Waals surface area contributed by atoms with Crippen molar-refractivity contribution in [2.45, 2.75) is 19.8 Å². The zero-order chi connectivity index (χ0) is 14.4. The smallest absolute Gasteiger partial charge is 0.251 e. The second-order valence-electron chi connectivity index (χ2n) is 4.59. The topological polar surface area (TPSA) is 85.8 Å². The summed E-state index contributed by atoms with van der Waals surface area (Å²) in [7, 11) is 0. The minimum atomic E-state index is -0.0512. The molecule has 0 bridgehead atoms. The molecular formula is C14H19N5O. The molecule has 106 valence electrons. The highest BCUT2D eigenvalue weighted by Gasteiger charge is 2.09. The number of unbranched alkanes of at least 4 members (excludes halogenated alkanes) is 1. The Bertz CT molecular complexity index is 565. The van der Waals surface area contributed by atoms with Crippen molar-refractivity contribution < 1.29 is 4.79 Å². The van der Waals surface area contributed by atoms with Crippen molar-refractivity contribution in [3.8, 4) is 5.69 Å². The summed E-state index contributed by atoms with van der Waals surface area (Å²) < 4.78 is 1.66. The van der Waals surface area contributed by atoms with Gasteiger partial charge in [0.15, 0.2) is 0 Å². The van der Waals surface area contributed by atoms with Crippen molar-refractivity contribution in [2.24, 2.45) is 5.73 Å². The number of benzene rings is 1. The van der Waals surface area contributed by atoms with E-state index in [0.717, 1.165) is 24.1 Å². The van der Waals surface area contributed by atoms with Gasteiger partial charge in [0.25, 0.3) is 5.91 Å². The fraction of sp³-hybridized carbons (Fsp3) is 0.357. The van der Waals surface area contributed by atoms with Crippen molar-refractivity contribution in [3.63, 3.8) is 0 Å². The number of hydrogen-bond acceptors (Lipinski definition) is 4. The molecule has 0 aliphatic carbocycles. The van der Waals surface area contributed by atoms with Gasteiger partial charge in [-0.15, -0.1) is 0 Å². The van der Waals surface area contributed by atoms with Gasteiger partial charge in [-0.1, -0.05) is 0 Å². The third-order valence-electron chi connectivity index (χ3n) is 3.05. The Balaban J connectivity index is 2.04. The summed E-state index contributed by atoms with van der Waals surface area (Å²) in [6.07, 6.45) is 4.93. The molecule has 1 amide bonds. The number of rotatable bonds is 6. The lowest BCUT2D eigenvalue weighted by atomic mass is 10.1.